The van der Waals surface area contributed by atoms with Crippen molar-refractivity contribution < 1.29 is 14.3 Å². The van der Waals surface area contributed by atoms with E-state index in [9.17, 15) is 9.59 Å². The van der Waals surface area contributed by atoms with Gasteiger partial charge < -0.3 is 20.3 Å². The Bertz CT molecular complexity index is 1000. The zero-order chi connectivity index (χ0) is 22.1. The fourth-order valence-corrected chi connectivity index (χ4v) is 5.58. The van der Waals surface area contributed by atoms with Crippen LogP contribution in [0.3, 0.4) is 0 Å². The molecule has 3 atom stereocenters. The molecule has 0 spiro atoms. The van der Waals surface area contributed by atoms with Gasteiger partial charge in [-0.2, -0.15) is 0 Å². The van der Waals surface area contributed by atoms with E-state index < -0.39 is 6.04 Å². The van der Waals surface area contributed by atoms with Crippen LogP contribution in [-0.4, -0.2) is 49.6 Å². The number of hydrogen-bond acceptors (Lipinski definition) is 4. The Morgan fingerprint density at radius 1 is 1.03 bits per heavy atom. The number of carbonyl (C=O) groups is 2. The molecule has 0 radical (unpaired) electrons. The summed E-state index contributed by atoms with van der Waals surface area (Å²) in [6.45, 7) is 2.06. The second-order valence-corrected chi connectivity index (χ2v) is 9.16. The number of nitrogens with zero attached hydrogens (tertiary/aromatic N) is 1. The third-order valence-corrected chi connectivity index (χ3v) is 7.24. The molecule has 32 heavy (non-hydrogen) atoms. The van der Waals surface area contributed by atoms with Crippen molar-refractivity contribution in [3.63, 3.8) is 0 Å². The first-order valence-corrected chi connectivity index (χ1v) is 11.7. The molecular formula is C26H31N3O3. The Balaban J connectivity index is 1.41. The quantitative estimate of drug-likeness (QED) is 0.760. The maximum Gasteiger partial charge on any atom is 0.247 e. The van der Waals surface area contributed by atoms with Crippen molar-refractivity contribution in [2.45, 2.75) is 43.8 Å². The van der Waals surface area contributed by atoms with E-state index in [0.29, 0.717) is 18.9 Å². The lowest BCUT2D eigenvalue weighted by Crippen LogP contribution is -2.52. The molecule has 2 heterocycles. The van der Waals surface area contributed by atoms with Gasteiger partial charge in [-0.3, -0.25) is 9.59 Å². The van der Waals surface area contributed by atoms with E-state index in [1.807, 2.05) is 48.3 Å². The molecule has 6 nitrogen and oxygen atoms in total. The van der Waals surface area contributed by atoms with Crippen molar-refractivity contribution in [2.24, 2.45) is 5.92 Å². The van der Waals surface area contributed by atoms with Crippen molar-refractivity contribution in [1.29, 1.82) is 0 Å². The highest BCUT2D eigenvalue weighted by molar-refractivity contribution is 5.92. The van der Waals surface area contributed by atoms with Crippen LogP contribution in [0.25, 0.3) is 0 Å². The average Bonchev–Trinajstić information content (AvgIpc) is 3.17. The molecule has 1 aliphatic carbocycles. The van der Waals surface area contributed by atoms with Crippen molar-refractivity contribution in [3.8, 4) is 0 Å². The molecule has 2 unspecified atom stereocenters. The van der Waals surface area contributed by atoms with Crippen LogP contribution in [0.5, 0.6) is 0 Å². The summed E-state index contributed by atoms with van der Waals surface area (Å²) in [5, 5.41) is 6.68. The Labute approximate surface area is 189 Å². The van der Waals surface area contributed by atoms with Gasteiger partial charge in [0.05, 0.1) is 18.5 Å². The number of benzene rings is 2. The molecule has 0 aromatic heterocycles. The summed E-state index contributed by atoms with van der Waals surface area (Å²) in [6.07, 6.45) is 3.01. The number of nitrogens with one attached hydrogen (secondary N) is 2. The molecule has 2 aliphatic heterocycles. The minimum atomic E-state index is -0.587. The summed E-state index contributed by atoms with van der Waals surface area (Å²) in [4.78, 5) is 28.8. The van der Waals surface area contributed by atoms with Gasteiger partial charge in [0.15, 0.2) is 0 Å². The number of fused-ring (bicyclic) bond motifs is 2. The standard InChI is InChI=1S/C26H31N3O3/c1-27-24-20-8-4-2-6-18(20)14-22(24)28-26(31)25-21-9-5-3-7-19(21)15-23(30)29(25)16-17-10-12-32-13-11-17/h2-9,17,22,24-25,27H,10-16H2,1H3,(H,28,31)/t22-,24?,25?/m0/s1. The van der Waals surface area contributed by atoms with Gasteiger partial charge in [-0.25, -0.2) is 0 Å². The molecule has 2 amide bonds. The van der Waals surface area contributed by atoms with E-state index in [0.717, 1.165) is 43.6 Å². The van der Waals surface area contributed by atoms with Gasteiger partial charge in [0.1, 0.15) is 6.04 Å². The number of likely N-dealkylation sites (N-methyl/N-ethyl adjacent to an activating group) is 1. The summed E-state index contributed by atoms with van der Waals surface area (Å²) in [7, 11) is 1.93. The zero-order valence-electron chi connectivity index (χ0n) is 18.5. The lowest BCUT2D eigenvalue weighted by molar-refractivity contribution is -0.143. The van der Waals surface area contributed by atoms with Crippen LogP contribution in [-0.2, 0) is 27.2 Å². The monoisotopic (exact) mass is 433 g/mol. The molecule has 168 valence electrons. The predicted octanol–water partition coefficient (Wildman–Crippen LogP) is 2.54. The maximum atomic E-state index is 13.8. The Morgan fingerprint density at radius 3 is 2.47 bits per heavy atom. The highest BCUT2D eigenvalue weighted by Crippen LogP contribution is 2.35. The van der Waals surface area contributed by atoms with Crippen molar-refractivity contribution >= 4 is 11.8 Å². The molecule has 3 aliphatic rings. The fraction of sp³-hybridized carbons (Fsp3) is 0.462. The molecule has 2 aromatic rings. The lowest BCUT2D eigenvalue weighted by atomic mass is 9.89. The Morgan fingerprint density at radius 2 is 1.72 bits per heavy atom. The third-order valence-electron chi connectivity index (χ3n) is 7.24. The summed E-state index contributed by atoms with van der Waals surface area (Å²) in [6, 6.07) is 15.7. The van der Waals surface area contributed by atoms with Crippen molar-refractivity contribution in [1.82, 2.24) is 15.5 Å². The number of carbonyl (C=O) groups excluding carboxylic acids is 2. The number of hydrogen-bond donors (Lipinski definition) is 2. The summed E-state index contributed by atoms with van der Waals surface area (Å²) >= 11 is 0. The van der Waals surface area contributed by atoms with Gasteiger partial charge >= 0.3 is 0 Å². The Hall–Kier alpha value is -2.70. The minimum Gasteiger partial charge on any atom is -0.381 e. The van der Waals surface area contributed by atoms with Crippen LogP contribution < -0.4 is 10.6 Å². The highest BCUT2D eigenvalue weighted by atomic mass is 16.5. The summed E-state index contributed by atoms with van der Waals surface area (Å²) in [5.74, 6) is 0.319. The normalized spacial score (nSPS) is 25.3. The van der Waals surface area contributed by atoms with Crippen LogP contribution in [0, 0.1) is 5.92 Å². The number of amides is 2. The number of ether oxygens (including phenoxy) is 1. The number of rotatable bonds is 5. The summed E-state index contributed by atoms with van der Waals surface area (Å²) < 4.78 is 5.50. The van der Waals surface area contributed by atoms with Crippen LogP contribution in [0.1, 0.15) is 47.2 Å². The molecule has 0 bridgehead atoms. The average molecular weight is 434 g/mol. The third kappa shape index (κ3) is 3.93. The molecule has 6 heteroatoms. The van der Waals surface area contributed by atoms with Crippen molar-refractivity contribution in [3.05, 3.63) is 70.8 Å². The Kier molecular flexibility index (Phi) is 5.98. The zero-order valence-corrected chi connectivity index (χ0v) is 18.5. The van der Waals surface area contributed by atoms with Crippen LogP contribution in [0.4, 0.5) is 0 Å². The molecule has 1 fully saturated rings. The summed E-state index contributed by atoms with van der Waals surface area (Å²) in [5.41, 5.74) is 4.41. The first-order valence-electron chi connectivity index (χ1n) is 11.7. The van der Waals surface area contributed by atoms with E-state index in [-0.39, 0.29) is 23.9 Å². The van der Waals surface area contributed by atoms with E-state index in [1.54, 1.807) is 0 Å². The largest absolute Gasteiger partial charge is 0.381 e. The van der Waals surface area contributed by atoms with Crippen LogP contribution in [0.2, 0.25) is 0 Å². The van der Waals surface area contributed by atoms with E-state index in [4.69, 9.17) is 4.74 Å². The maximum absolute atomic E-state index is 13.8. The van der Waals surface area contributed by atoms with Crippen LogP contribution >= 0.6 is 0 Å². The second kappa shape index (κ2) is 9.04. The molecule has 2 aromatic carbocycles. The molecule has 0 saturated carbocycles. The smallest absolute Gasteiger partial charge is 0.247 e. The van der Waals surface area contributed by atoms with E-state index in [2.05, 4.69) is 22.8 Å². The van der Waals surface area contributed by atoms with Gasteiger partial charge in [-0.05, 0) is 54.5 Å². The predicted molar refractivity (Wildman–Crippen MR) is 122 cm³/mol. The van der Waals surface area contributed by atoms with E-state index in [1.165, 1.54) is 11.1 Å². The topological polar surface area (TPSA) is 70.7 Å². The molecule has 2 N–H and O–H groups in total. The highest BCUT2D eigenvalue weighted by Gasteiger charge is 2.40. The van der Waals surface area contributed by atoms with E-state index >= 15 is 0 Å². The molecular weight excluding hydrogens is 402 g/mol. The van der Waals surface area contributed by atoms with Crippen molar-refractivity contribution in [2.75, 3.05) is 26.8 Å². The van der Waals surface area contributed by atoms with Gasteiger partial charge in [0.2, 0.25) is 11.8 Å². The van der Waals surface area contributed by atoms with Gasteiger partial charge in [-0.15, -0.1) is 0 Å². The molecule has 1 saturated heterocycles. The lowest BCUT2D eigenvalue weighted by Gasteiger charge is -2.39. The second-order valence-electron chi connectivity index (χ2n) is 9.16. The van der Waals surface area contributed by atoms with Gasteiger partial charge in [0.25, 0.3) is 0 Å². The first-order chi connectivity index (χ1) is 15.7. The minimum absolute atomic E-state index is 0.0372. The van der Waals surface area contributed by atoms with Gasteiger partial charge in [-0.1, -0.05) is 48.5 Å². The fourth-order valence-electron chi connectivity index (χ4n) is 5.58. The first kappa shape index (κ1) is 21.2. The van der Waals surface area contributed by atoms with Crippen LogP contribution in [0.15, 0.2) is 48.5 Å². The SMILES string of the molecule is CNC1c2ccccc2C[C@@H]1NC(=O)C1c2ccccc2CC(=O)N1CC1CCOCC1. The molecule has 5 rings (SSSR count). The van der Waals surface area contributed by atoms with Gasteiger partial charge in [0, 0.05) is 19.8 Å².